The summed E-state index contributed by atoms with van der Waals surface area (Å²) in [5, 5.41) is 22.5. The van der Waals surface area contributed by atoms with Gasteiger partial charge in [-0.05, 0) is 54.6 Å². The minimum absolute atomic E-state index is 0.0501. The molecule has 216 valence electrons. The Labute approximate surface area is 250 Å². The van der Waals surface area contributed by atoms with Crippen LogP contribution in [0.5, 0.6) is 23.3 Å². The van der Waals surface area contributed by atoms with E-state index in [4.69, 9.17) is 45.5 Å². The smallest absolute Gasteiger partial charge is 0.262 e. The molecule has 4 rings (SSSR count). The molecule has 0 bridgehead atoms. The van der Waals surface area contributed by atoms with Gasteiger partial charge in [0, 0.05) is 28.2 Å². The van der Waals surface area contributed by atoms with E-state index in [1.54, 1.807) is 6.07 Å². The summed E-state index contributed by atoms with van der Waals surface area (Å²) in [6, 6.07) is 10.8. The molecule has 0 unspecified atom stereocenters. The topological polar surface area (TPSA) is 113 Å². The molecule has 0 saturated heterocycles. The van der Waals surface area contributed by atoms with Crippen molar-refractivity contribution in [3.63, 3.8) is 0 Å². The predicted molar refractivity (Wildman–Crippen MR) is 161 cm³/mol. The average Bonchev–Trinajstić information content (AvgIpc) is 2.95. The Kier molecular flexibility index (Phi) is 8.48. The summed E-state index contributed by atoms with van der Waals surface area (Å²) in [6.07, 6.45) is 0. The van der Waals surface area contributed by atoms with E-state index in [2.05, 4.69) is 0 Å². The zero-order valence-electron chi connectivity index (χ0n) is 23.3. The van der Waals surface area contributed by atoms with Crippen molar-refractivity contribution >= 4 is 36.0 Å². The Morgan fingerprint density at radius 2 is 1.41 bits per heavy atom. The van der Waals surface area contributed by atoms with Crippen LogP contribution < -0.4 is 20.6 Å². The van der Waals surface area contributed by atoms with E-state index >= 15 is 0 Å². The number of hydrogen-bond donors (Lipinski definition) is 2. The molecule has 0 fully saturated rings. The lowest BCUT2D eigenvalue weighted by atomic mass is 9.86. The van der Waals surface area contributed by atoms with E-state index in [1.807, 2.05) is 31.2 Å². The highest BCUT2D eigenvalue weighted by Gasteiger charge is 2.33. The Bertz CT molecular complexity index is 1840. The first kappa shape index (κ1) is 30.1. The van der Waals surface area contributed by atoms with Crippen LogP contribution >= 0.6 is 36.0 Å². The van der Waals surface area contributed by atoms with Crippen molar-refractivity contribution in [3.05, 3.63) is 99.5 Å². The van der Waals surface area contributed by atoms with Gasteiger partial charge < -0.3 is 19.7 Å². The third kappa shape index (κ3) is 5.30. The first-order chi connectivity index (χ1) is 19.3. The quantitative estimate of drug-likeness (QED) is 0.295. The van der Waals surface area contributed by atoms with Gasteiger partial charge in [-0.25, -0.2) is 0 Å². The lowest BCUT2D eigenvalue weighted by Gasteiger charge is -2.24. The number of ether oxygens (including phenoxy) is 2. The number of methoxy groups -OCH3 is 1. The molecule has 2 aromatic carbocycles. The molecule has 13 heteroatoms. The van der Waals surface area contributed by atoms with Gasteiger partial charge in [-0.1, -0.05) is 41.4 Å². The van der Waals surface area contributed by atoms with Crippen LogP contribution in [-0.4, -0.2) is 35.6 Å². The summed E-state index contributed by atoms with van der Waals surface area (Å²) >= 11 is 17.3. The summed E-state index contributed by atoms with van der Waals surface area (Å²) in [4.78, 5) is 27.2. The van der Waals surface area contributed by atoms with Gasteiger partial charge in [0.05, 0.1) is 29.2 Å². The van der Waals surface area contributed by atoms with Crippen LogP contribution in [-0.2, 0) is 34.8 Å². The number of halogens is 1. The Hall–Kier alpha value is -3.87. The molecule has 0 aliphatic heterocycles. The standard InChI is InChI=1S/C28H29ClN4O6S2/c1-14-8-7-9-15(10-14)13-39-22-17(29)11-16(12-18(22)38-6)19(20-23(34)30(2)27(40)31(3)24(20)35)21-25(36)32(4)28(41)33(5)26(21)37/h7-12,19,34,36H,13H2,1-6H3. The van der Waals surface area contributed by atoms with Gasteiger partial charge in [0.2, 0.25) is 11.8 Å². The van der Waals surface area contributed by atoms with Crippen molar-refractivity contribution in [2.24, 2.45) is 28.2 Å². The molecule has 0 radical (unpaired) electrons. The predicted octanol–water partition coefficient (Wildman–Crippen LogP) is 4.36. The van der Waals surface area contributed by atoms with Gasteiger partial charge in [0.1, 0.15) is 6.61 Å². The van der Waals surface area contributed by atoms with Crippen LogP contribution in [0.2, 0.25) is 5.02 Å². The van der Waals surface area contributed by atoms with Gasteiger partial charge in [-0.3, -0.25) is 27.9 Å². The molecular formula is C28H29ClN4O6S2. The minimum atomic E-state index is -1.31. The van der Waals surface area contributed by atoms with Gasteiger partial charge in [-0.15, -0.1) is 0 Å². The number of rotatable bonds is 7. The lowest BCUT2D eigenvalue weighted by molar-refractivity contribution is 0.284. The van der Waals surface area contributed by atoms with Crippen LogP contribution in [0.15, 0.2) is 46.0 Å². The van der Waals surface area contributed by atoms with E-state index in [-0.39, 0.29) is 49.4 Å². The molecular weight excluding hydrogens is 588 g/mol. The number of aromatic hydroxyl groups is 2. The SMILES string of the molecule is COc1cc(C(c2c(O)n(C)c(=S)n(C)c2=O)c2c(O)n(C)c(=S)n(C)c2=O)cc(Cl)c1OCc1cccc(C)c1. The fourth-order valence-corrected chi connectivity index (χ4v) is 5.32. The monoisotopic (exact) mass is 616 g/mol. The molecule has 0 aliphatic carbocycles. The Balaban J connectivity index is 2.03. The van der Waals surface area contributed by atoms with Gasteiger partial charge in [-0.2, -0.15) is 0 Å². The molecule has 0 amide bonds. The molecule has 2 aromatic heterocycles. The van der Waals surface area contributed by atoms with E-state index in [9.17, 15) is 19.8 Å². The van der Waals surface area contributed by atoms with Crippen LogP contribution in [0.3, 0.4) is 0 Å². The summed E-state index contributed by atoms with van der Waals surface area (Å²) in [5.41, 5.74) is 0.499. The minimum Gasteiger partial charge on any atom is -0.494 e. The van der Waals surface area contributed by atoms with Gasteiger partial charge >= 0.3 is 0 Å². The van der Waals surface area contributed by atoms with Crippen LogP contribution in [0.25, 0.3) is 0 Å². The third-order valence-electron chi connectivity index (χ3n) is 6.96. The number of hydrogen-bond acceptors (Lipinski definition) is 8. The van der Waals surface area contributed by atoms with Gasteiger partial charge in [0.25, 0.3) is 11.1 Å². The molecule has 2 N–H and O–H groups in total. The first-order valence-corrected chi connectivity index (χ1v) is 13.5. The molecule has 41 heavy (non-hydrogen) atoms. The van der Waals surface area contributed by atoms with Crippen molar-refractivity contribution in [3.8, 4) is 23.3 Å². The second-order valence-electron chi connectivity index (χ2n) is 9.63. The normalized spacial score (nSPS) is 11.2. The van der Waals surface area contributed by atoms with Crippen LogP contribution in [0, 0.1) is 16.5 Å². The van der Waals surface area contributed by atoms with Crippen molar-refractivity contribution in [1.29, 1.82) is 0 Å². The molecule has 2 heterocycles. The largest absolute Gasteiger partial charge is 0.494 e. The summed E-state index contributed by atoms with van der Waals surface area (Å²) in [5.74, 6) is -1.82. The second-order valence-corrected chi connectivity index (χ2v) is 10.8. The molecule has 0 spiro atoms. The molecule has 0 aliphatic rings. The number of aromatic nitrogens is 4. The number of nitrogens with zero attached hydrogens (tertiary/aromatic N) is 4. The average molecular weight is 617 g/mol. The maximum absolute atomic E-state index is 13.6. The number of aryl methyl sites for hydroxylation is 1. The first-order valence-electron chi connectivity index (χ1n) is 12.3. The van der Waals surface area contributed by atoms with Crippen molar-refractivity contribution in [2.45, 2.75) is 19.4 Å². The summed E-state index contributed by atoms with van der Waals surface area (Å²) in [7, 11) is 7.29. The van der Waals surface area contributed by atoms with Gasteiger partial charge in [0.15, 0.2) is 21.0 Å². The van der Waals surface area contributed by atoms with Crippen molar-refractivity contribution in [1.82, 2.24) is 18.3 Å². The summed E-state index contributed by atoms with van der Waals surface area (Å²) in [6.45, 7) is 2.18. The highest BCUT2D eigenvalue weighted by Crippen LogP contribution is 2.43. The maximum atomic E-state index is 13.6. The highest BCUT2D eigenvalue weighted by molar-refractivity contribution is 7.71. The van der Waals surface area contributed by atoms with Crippen molar-refractivity contribution < 1.29 is 19.7 Å². The Morgan fingerprint density at radius 1 is 0.878 bits per heavy atom. The second kappa shape index (κ2) is 11.6. The zero-order chi connectivity index (χ0) is 30.3. The van der Waals surface area contributed by atoms with E-state index in [0.717, 1.165) is 11.1 Å². The summed E-state index contributed by atoms with van der Waals surface area (Å²) < 4.78 is 16.5. The zero-order valence-corrected chi connectivity index (χ0v) is 25.6. The number of benzene rings is 2. The fourth-order valence-electron chi connectivity index (χ4n) is 4.71. The maximum Gasteiger partial charge on any atom is 0.262 e. The highest BCUT2D eigenvalue weighted by atomic mass is 35.5. The van der Waals surface area contributed by atoms with Crippen LogP contribution in [0.4, 0.5) is 0 Å². The molecule has 0 atom stereocenters. The fraction of sp³-hybridized carbons (Fsp3) is 0.286. The molecule has 4 aromatic rings. The third-order valence-corrected chi connectivity index (χ3v) is 8.34. The molecule has 10 nitrogen and oxygen atoms in total. The van der Waals surface area contributed by atoms with E-state index in [0.29, 0.717) is 0 Å². The van der Waals surface area contributed by atoms with Crippen LogP contribution in [0.1, 0.15) is 33.7 Å². The lowest BCUT2D eigenvalue weighted by Crippen LogP contribution is -2.33. The van der Waals surface area contributed by atoms with E-state index in [1.165, 1.54) is 59.6 Å². The molecule has 0 saturated carbocycles. The van der Waals surface area contributed by atoms with E-state index < -0.39 is 28.8 Å². The van der Waals surface area contributed by atoms with Crippen molar-refractivity contribution in [2.75, 3.05) is 7.11 Å². The Morgan fingerprint density at radius 3 is 1.90 bits per heavy atom.